The topological polar surface area (TPSA) is 78.9 Å². The summed E-state index contributed by atoms with van der Waals surface area (Å²) in [7, 11) is -3.07. The number of aliphatic hydroxyl groups is 1. The van der Waals surface area contributed by atoms with Crippen molar-refractivity contribution >= 4 is 10.0 Å². The van der Waals surface area contributed by atoms with Gasteiger partial charge in [-0.15, -0.1) is 0 Å². The van der Waals surface area contributed by atoms with Crippen molar-refractivity contribution < 1.29 is 18.3 Å². The molecule has 0 saturated carbocycles. The molecule has 0 aromatic heterocycles. The molecule has 120 valence electrons. The van der Waals surface area contributed by atoms with Crippen LogP contribution < -0.4 is 5.32 Å². The Balaban J connectivity index is 2.21. The average molecular weight is 308 g/mol. The highest BCUT2D eigenvalue weighted by molar-refractivity contribution is 7.88. The monoisotopic (exact) mass is 308 g/mol. The highest BCUT2D eigenvalue weighted by Gasteiger charge is 2.25. The number of nitrogens with zero attached hydrogens (tertiary/aromatic N) is 1. The average Bonchev–Trinajstić information content (AvgIpc) is 2.32. The Morgan fingerprint density at radius 3 is 2.35 bits per heavy atom. The maximum absolute atomic E-state index is 11.4. The first-order valence-corrected chi connectivity index (χ1v) is 8.93. The number of sulfonamides is 1. The largest absolute Gasteiger partial charge is 0.389 e. The van der Waals surface area contributed by atoms with Gasteiger partial charge in [0.1, 0.15) is 0 Å². The van der Waals surface area contributed by atoms with Crippen LogP contribution in [0.15, 0.2) is 0 Å². The molecular formula is C13H28N2O4S. The summed E-state index contributed by atoms with van der Waals surface area (Å²) < 4.78 is 29.8. The second kappa shape index (κ2) is 7.17. The van der Waals surface area contributed by atoms with Gasteiger partial charge in [-0.3, -0.25) is 0 Å². The van der Waals surface area contributed by atoms with Crippen molar-refractivity contribution in [3.8, 4) is 0 Å². The number of ether oxygens (including phenoxy) is 1. The molecule has 1 aliphatic rings. The van der Waals surface area contributed by atoms with Gasteiger partial charge in [0.25, 0.3) is 0 Å². The first kappa shape index (κ1) is 17.8. The van der Waals surface area contributed by atoms with E-state index >= 15 is 0 Å². The van der Waals surface area contributed by atoms with Gasteiger partial charge in [0.05, 0.1) is 24.6 Å². The third-order valence-corrected chi connectivity index (χ3v) is 4.58. The molecule has 0 spiro atoms. The lowest BCUT2D eigenvalue weighted by molar-refractivity contribution is -0.0485. The van der Waals surface area contributed by atoms with Crippen LogP contribution in [0.2, 0.25) is 0 Å². The molecule has 0 aliphatic carbocycles. The number of rotatable bonds is 6. The fourth-order valence-corrected chi connectivity index (χ4v) is 2.97. The summed E-state index contributed by atoms with van der Waals surface area (Å²) in [5.74, 6) is 0. The Labute approximate surface area is 122 Å². The SMILES string of the molecule is CC(C)(C)OCC(O)CNC1CCN(S(C)(=O)=O)CC1. The Kier molecular flexibility index (Phi) is 6.40. The fourth-order valence-electron chi connectivity index (χ4n) is 2.10. The van der Waals surface area contributed by atoms with Gasteiger partial charge in [-0.1, -0.05) is 0 Å². The first-order valence-electron chi connectivity index (χ1n) is 7.08. The Morgan fingerprint density at radius 1 is 1.35 bits per heavy atom. The summed E-state index contributed by atoms with van der Waals surface area (Å²) in [5, 5.41) is 13.1. The zero-order valence-corrected chi connectivity index (χ0v) is 13.7. The standard InChI is InChI=1S/C13H28N2O4S/c1-13(2,3)19-10-12(16)9-14-11-5-7-15(8-6-11)20(4,17)18/h11-12,14,16H,5-10H2,1-4H3. The maximum Gasteiger partial charge on any atom is 0.211 e. The Bertz CT molecular complexity index is 384. The van der Waals surface area contributed by atoms with Crippen molar-refractivity contribution in [3.63, 3.8) is 0 Å². The van der Waals surface area contributed by atoms with Gasteiger partial charge in [-0.25, -0.2) is 12.7 Å². The number of hydrogen-bond acceptors (Lipinski definition) is 5. The third kappa shape index (κ3) is 6.99. The van der Waals surface area contributed by atoms with E-state index in [9.17, 15) is 13.5 Å². The summed E-state index contributed by atoms with van der Waals surface area (Å²) in [6.45, 7) is 7.73. The Morgan fingerprint density at radius 2 is 1.90 bits per heavy atom. The minimum Gasteiger partial charge on any atom is -0.389 e. The smallest absolute Gasteiger partial charge is 0.211 e. The highest BCUT2D eigenvalue weighted by atomic mass is 32.2. The molecule has 0 radical (unpaired) electrons. The summed E-state index contributed by atoms with van der Waals surface area (Å²) in [6.07, 6.45) is 2.26. The van der Waals surface area contributed by atoms with Gasteiger partial charge in [0.2, 0.25) is 10.0 Å². The van der Waals surface area contributed by atoms with Gasteiger partial charge < -0.3 is 15.2 Å². The van der Waals surface area contributed by atoms with E-state index < -0.39 is 16.1 Å². The molecule has 6 nitrogen and oxygen atoms in total. The van der Waals surface area contributed by atoms with E-state index in [0.717, 1.165) is 12.8 Å². The van der Waals surface area contributed by atoms with Crippen LogP contribution in [0.4, 0.5) is 0 Å². The minimum atomic E-state index is -3.07. The van der Waals surface area contributed by atoms with Crippen LogP contribution in [-0.2, 0) is 14.8 Å². The van der Waals surface area contributed by atoms with Crippen molar-refractivity contribution in [1.29, 1.82) is 0 Å². The van der Waals surface area contributed by atoms with E-state index in [1.54, 1.807) is 0 Å². The van der Waals surface area contributed by atoms with Crippen molar-refractivity contribution in [3.05, 3.63) is 0 Å². The normalized spacial score (nSPS) is 21.1. The predicted molar refractivity (Wildman–Crippen MR) is 79.2 cm³/mol. The number of hydrogen-bond donors (Lipinski definition) is 2. The van der Waals surface area contributed by atoms with Crippen molar-refractivity contribution in [2.75, 3.05) is 32.5 Å². The van der Waals surface area contributed by atoms with Crippen molar-refractivity contribution in [2.24, 2.45) is 0 Å². The molecule has 2 N–H and O–H groups in total. The van der Waals surface area contributed by atoms with Gasteiger partial charge >= 0.3 is 0 Å². The molecule has 1 rings (SSSR count). The lowest BCUT2D eigenvalue weighted by Crippen LogP contribution is -2.46. The zero-order valence-electron chi connectivity index (χ0n) is 12.9. The molecule has 0 aromatic carbocycles. The molecule has 0 aromatic rings. The van der Waals surface area contributed by atoms with Crippen LogP contribution in [0.1, 0.15) is 33.6 Å². The second-order valence-electron chi connectivity index (χ2n) is 6.42. The number of nitrogens with one attached hydrogen (secondary N) is 1. The molecule has 1 fully saturated rings. The number of aliphatic hydroxyl groups excluding tert-OH is 1. The Hall–Kier alpha value is -0.210. The zero-order chi connectivity index (χ0) is 15.4. The summed E-state index contributed by atoms with van der Waals surface area (Å²) in [6, 6.07) is 0.261. The second-order valence-corrected chi connectivity index (χ2v) is 8.40. The predicted octanol–water partition coefficient (Wildman–Crippen LogP) is 0.176. The van der Waals surface area contributed by atoms with E-state index in [1.165, 1.54) is 10.6 Å². The number of piperidine rings is 1. The van der Waals surface area contributed by atoms with Crippen molar-refractivity contribution in [2.45, 2.75) is 51.4 Å². The lowest BCUT2D eigenvalue weighted by atomic mass is 10.1. The highest BCUT2D eigenvalue weighted by Crippen LogP contribution is 2.13. The van der Waals surface area contributed by atoms with Crippen LogP contribution in [0.25, 0.3) is 0 Å². The van der Waals surface area contributed by atoms with E-state index in [0.29, 0.717) is 26.2 Å². The van der Waals surface area contributed by atoms with Crippen LogP contribution in [0, 0.1) is 0 Å². The summed E-state index contributed by atoms with van der Waals surface area (Å²) in [4.78, 5) is 0. The summed E-state index contributed by atoms with van der Waals surface area (Å²) >= 11 is 0. The molecule has 1 unspecified atom stereocenters. The van der Waals surface area contributed by atoms with Gasteiger partial charge in [-0.05, 0) is 33.6 Å². The third-order valence-electron chi connectivity index (χ3n) is 3.27. The molecule has 0 bridgehead atoms. The molecule has 20 heavy (non-hydrogen) atoms. The maximum atomic E-state index is 11.4. The van der Waals surface area contributed by atoms with Gasteiger partial charge in [-0.2, -0.15) is 0 Å². The molecule has 1 heterocycles. The van der Waals surface area contributed by atoms with E-state index in [-0.39, 0.29) is 11.6 Å². The molecule has 7 heteroatoms. The molecular weight excluding hydrogens is 280 g/mol. The lowest BCUT2D eigenvalue weighted by Gasteiger charge is -2.31. The van der Waals surface area contributed by atoms with E-state index in [1.807, 2.05) is 20.8 Å². The molecule has 1 atom stereocenters. The van der Waals surface area contributed by atoms with E-state index in [2.05, 4.69) is 5.32 Å². The fraction of sp³-hybridized carbons (Fsp3) is 1.00. The van der Waals surface area contributed by atoms with Crippen molar-refractivity contribution in [1.82, 2.24) is 9.62 Å². The molecule has 1 aliphatic heterocycles. The van der Waals surface area contributed by atoms with Crippen LogP contribution >= 0.6 is 0 Å². The van der Waals surface area contributed by atoms with E-state index in [4.69, 9.17) is 4.74 Å². The molecule has 0 amide bonds. The summed E-state index contributed by atoms with van der Waals surface area (Å²) in [5.41, 5.74) is -0.248. The van der Waals surface area contributed by atoms with Crippen LogP contribution in [0.3, 0.4) is 0 Å². The quantitative estimate of drug-likeness (QED) is 0.731. The van der Waals surface area contributed by atoms with Gasteiger partial charge in [0, 0.05) is 25.7 Å². The van der Waals surface area contributed by atoms with Gasteiger partial charge in [0.15, 0.2) is 0 Å². The first-order chi connectivity index (χ1) is 9.08. The van der Waals surface area contributed by atoms with Crippen LogP contribution in [-0.4, -0.2) is 68.1 Å². The minimum absolute atomic E-state index is 0.248. The molecule has 1 saturated heterocycles. The van der Waals surface area contributed by atoms with Crippen LogP contribution in [0.5, 0.6) is 0 Å².